The summed E-state index contributed by atoms with van der Waals surface area (Å²) in [4.78, 5) is 2.74. The van der Waals surface area contributed by atoms with E-state index in [0.29, 0.717) is 0 Å². The quantitative estimate of drug-likeness (QED) is 0.663. The number of rotatable bonds is 4. The van der Waals surface area contributed by atoms with Crippen LogP contribution in [0.4, 0.5) is 0 Å². The smallest absolute Gasteiger partial charge is 0.0160 e. The Morgan fingerprint density at radius 2 is 1.93 bits per heavy atom. The molecule has 4 aliphatic rings. The molecular formula is C13H23N. The lowest BCUT2D eigenvalue weighted by Crippen LogP contribution is -2.37. The van der Waals surface area contributed by atoms with E-state index in [1.807, 2.05) is 0 Å². The molecule has 0 aromatic carbocycles. The summed E-state index contributed by atoms with van der Waals surface area (Å²) in [5.74, 6) is 3.32. The van der Waals surface area contributed by atoms with Crippen molar-refractivity contribution >= 4 is 0 Å². The summed E-state index contributed by atoms with van der Waals surface area (Å²) in [6.07, 6.45) is 4.59. The molecule has 0 radical (unpaired) electrons. The van der Waals surface area contributed by atoms with E-state index < -0.39 is 0 Å². The van der Waals surface area contributed by atoms with E-state index in [1.54, 1.807) is 12.8 Å². The second kappa shape index (κ2) is 2.75. The van der Waals surface area contributed by atoms with Gasteiger partial charge in [0.2, 0.25) is 0 Å². The van der Waals surface area contributed by atoms with Crippen molar-refractivity contribution in [1.82, 2.24) is 4.90 Å². The molecule has 1 heteroatoms. The molecule has 5 atom stereocenters. The highest BCUT2D eigenvalue weighted by Crippen LogP contribution is 2.81. The Bertz CT molecular complexity index is 246. The Morgan fingerprint density at radius 1 is 1.21 bits per heavy atom. The van der Waals surface area contributed by atoms with Gasteiger partial charge in [-0.3, -0.25) is 0 Å². The SMILES string of the molecule is CCN(CC)[C@H]1[C@H]2C[C@H]3[C@H]1[C@@]3(CC)C2. The zero-order chi connectivity index (χ0) is 9.92. The van der Waals surface area contributed by atoms with Gasteiger partial charge in [0.1, 0.15) is 0 Å². The summed E-state index contributed by atoms with van der Waals surface area (Å²) in [5.41, 5.74) is 0.845. The molecule has 4 saturated carbocycles. The fourth-order valence-corrected chi connectivity index (χ4v) is 5.12. The largest absolute Gasteiger partial charge is 0.300 e. The summed E-state index contributed by atoms with van der Waals surface area (Å²) in [6.45, 7) is 9.60. The summed E-state index contributed by atoms with van der Waals surface area (Å²) >= 11 is 0. The normalized spacial score (nSPS) is 53.1. The first-order chi connectivity index (χ1) is 6.78. The van der Waals surface area contributed by atoms with E-state index in [1.165, 1.54) is 19.5 Å². The molecule has 4 bridgehead atoms. The van der Waals surface area contributed by atoms with Gasteiger partial charge in [-0.1, -0.05) is 20.8 Å². The predicted molar refractivity (Wildman–Crippen MR) is 59.1 cm³/mol. The molecule has 0 spiro atoms. The highest BCUT2D eigenvalue weighted by atomic mass is 15.2. The lowest BCUT2D eigenvalue weighted by Gasteiger charge is -2.29. The van der Waals surface area contributed by atoms with Gasteiger partial charge >= 0.3 is 0 Å². The van der Waals surface area contributed by atoms with E-state index in [2.05, 4.69) is 25.7 Å². The first-order valence-electron chi connectivity index (χ1n) is 6.52. The molecule has 0 aromatic rings. The zero-order valence-electron chi connectivity index (χ0n) is 9.79. The highest BCUT2D eigenvalue weighted by Gasteiger charge is 2.77. The third-order valence-corrected chi connectivity index (χ3v) is 5.67. The summed E-state index contributed by atoms with van der Waals surface area (Å²) < 4.78 is 0. The van der Waals surface area contributed by atoms with Gasteiger partial charge in [0.05, 0.1) is 0 Å². The number of hydrogen-bond donors (Lipinski definition) is 0. The second-order valence-electron chi connectivity index (χ2n) is 5.63. The van der Waals surface area contributed by atoms with Gasteiger partial charge in [0, 0.05) is 6.04 Å². The van der Waals surface area contributed by atoms with Crippen molar-refractivity contribution in [1.29, 1.82) is 0 Å². The van der Waals surface area contributed by atoms with Crippen LogP contribution in [0.15, 0.2) is 0 Å². The third-order valence-electron chi connectivity index (χ3n) is 5.67. The minimum absolute atomic E-state index is 0.845. The van der Waals surface area contributed by atoms with Crippen molar-refractivity contribution < 1.29 is 0 Å². The van der Waals surface area contributed by atoms with Crippen LogP contribution in [0.2, 0.25) is 0 Å². The molecular weight excluding hydrogens is 170 g/mol. The predicted octanol–water partition coefficient (Wildman–Crippen LogP) is 2.76. The first kappa shape index (κ1) is 9.21. The second-order valence-corrected chi connectivity index (χ2v) is 5.63. The Kier molecular flexibility index (Phi) is 1.81. The van der Waals surface area contributed by atoms with E-state index >= 15 is 0 Å². The molecule has 4 fully saturated rings. The molecule has 4 aliphatic carbocycles. The average molecular weight is 193 g/mol. The fourth-order valence-electron chi connectivity index (χ4n) is 5.12. The molecule has 14 heavy (non-hydrogen) atoms. The average Bonchev–Trinajstić information content (AvgIpc) is 2.65. The van der Waals surface area contributed by atoms with E-state index in [0.717, 1.165) is 29.2 Å². The Morgan fingerprint density at radius 3 is 2.36 bits per heavy atom. The minimum atomic E-state index is 0.845. The summed E-state index contributed by atoms with van der Waals surface area (Å²) in [5, 5.41) is 0. The van der Waals surface area contributed by atoms with Crippen molar-refractivity contribution in [2.24, 2.45) is 23.2 Å². The van der Waals surface area contributed by atoms with Crippen LogP contribution in [-0.4, -0.2) is 24.0 Å². The van der Waals surface area contributed by atoms with Crippen LogP contribution in [0.3, 0.4) is 0 Å². The van der Waals surface area contributed by atoms with Crippen LogP contribution in [0, 0.1) is 23.2 Å². The van der Waals surface area contributed by atoms with Crippen molar-refractivity contribution in [2.75, 3.05) is 13.1 Å². The molecule has 0 saturated heterocycles. The van der Waals surface area contributed by atoms with Gasteiger partial charge in [0.15, 0.2) is 0 Å². The Labute approximate surface area is 87.9 Å². The molecule has 0 heterocycles. The third kappa shape index (κ3) is 0.816. The van der Waals surface area contributed by atoms with Crippen molar-refractivity contribution in [3.63, 3.8) is 0 Å². The van der Waals surface area contributed by atoms with E-state index in [9.17, 15) is 0 Å². The maximum absolute atomic E-state index is 2.74. The van der Waals surface area contributed by atoms with E-state index in [-0.39, 0.29) is 0 Å². The van der Waals surface area contributed by atoms with Crippen molar-refractivity contribution in [3.05, 3.63) is 0 Å². The van der Waals surface area contributed by atoms with E-state index in [4.69, 9.17) is 0 Å². The number of nitrogens with zero attached hydrogens (tertiary/aromatic N) is 1. The van der Waals surface area contributed by atoms with Gasteiger partial charge in [-0.05, 0) is 55.5 Å². The van der Waals surface area contributed by atoms with Gasteiger partial charge < -0.3 is 4.90 Å². The van der Waals surface area contributed by atoms with Crippen LogP contribution >= 0.6 is 0 Å². The van der Waals surface area contributed by atoms with Crippen LogP contribution < -0.4 is 0 Å². The molecule has 0 unspecified atom stereocenters. The van der Waals surface area contributed by atoms with Gasteiger partial charge in [-0.15, -0.1) is 0 Å². The van der Waals surface area contributed by atoms with Gasteiger partial charge in [-0.2, -0.15) is 0 Å². The topological polar surface area (TPSA) is 3.24 Å². The summed E-state index contributed by atoms with van der Waals surface area (Å²) in [7, 11) is 0. The van der Waals surface area contributed by atoms with Crippen molar-refractivity contribution in [2.45, 2.75) is 46.1 Å². The van der Waals surface area contributed by atoms with Crippen LogP contribution in [0.5, 0.6) is 0 Å². The maximum Gasteiger partial charge on any atom is 0.0160 e. The van der Waals surface area contributed by atoms with Crippen LogP contribution in [0.1, 0.15) is 40.0 Å². The number of hydrogen-bond acceptors (Lipinski definition) is 1. The highest BCUT2D eigenvalue weighted by molar-refractivity contribution is 5.27. The monoisotopic (exact) mass is 193 g/mol. The van der Waals surface area contributed by atoms with Crippen LogP contribution in [-0.2, 0) is 0 Å². The van der Waals surface area contributed by atoms with Gasteiger partial charge in [0.25, 0.3) is 0 Å². The Balaban J connectivity index is 1.81. The molecule has 1 nitrogen and oxygen atoms in total. The minimum Gasteiger partial charge on any atom is -0.300 e. The maximum atomic E-state index is 2.74. The molecule has 0 aromatic heterocycles. The lowest BCUT2D eigenvalue weighted by atomic mass is 10.0. The first-order valence-corrected chi connectivity index (χ1v) is 6.52. The molecule has 0 N–H and O–H groups in total. The summed E-state index contributed by atoms with van der Waals surface area (Å²) in [6, 6.07) is 0.981. The van der Waals surface area contributed by atoms with Crippen LogP contribution in [0.25, 0.3) is 0 Å². The lowest BCUT2D eigenvalue weighted by molar-refractivity contribution is 0.177. The molecule has 4 rings (SSSR count). The fraction of sp³-hybridized carbons (Fsp3) is 1.00. The molecule has 0 aliphatic heterocycles. The van der Waals surface area contributed by atoms with Crippen molar-refractivity contribution in [3.8, 4) is 0 Å². The zero-order valence-corrected chi connectivity index (χ0v) is 9.79. The standard InChI is InChI=1S/C13H23N/c1-4-13-8-9-7-10(13)11(13)12(9)14(5-2)6-3/h9-12H,4-8H2,1-3H3/t9-,10-,11+,12-,13-/m0/s1. The Hall–Kier alpha value is -0.0400. The molecule has 0 amide bonds. The molecule has 80 valence electrons. The van der Waals surface area contributed by atoms with Gasteiger partial charge in [-0.25, -0.2) is 0 Å².